The van der Waals surface area contributed by atoms with Crippen molar-refractivity contribution in [1.82, 2.24) is 19.2 Å². The van der Waals surface area contributed by atoms with Gasteiger partial charge >= 0.3 is 5.69 Å². The molecule has 1 fully saturated rings. The summed E-state index contributed by atoms with van der Waals surface area (Å²) in [6.07, 6.45) is 4.99. The number of aryl methyl sites for hydroxylation is 2. The number of carbonyl (C=O) groups excluding carboxylic acids is 1. The highest BCUT2D eigenvalue weighted by molar-refractivity contribution is 5.95. The number of anilines is 2. The van der Waals surface area contributed by atoms with Crippen LogP contribution in [0.25, 0.3) is 5.69 Å². The number of benzene rings is 3. The fourth-order valence-electron chi connectivity index (χ4n) is 5.91. The molecule has 8 heteroatoms. The summed E-state index contributed by atoms with van der Waals surface area (Å²) in [6, 6.07) is 24.1. The Balaban J connectivity index is 1.15. The van der Waals surface area contributed by atoms with Gasteiger partial charge in [-0.1, -0.05) is 36.4 Å². The van der Waals surface area contributed by atoms with Crippen LogP contribution >= 0.6 is 0 Å². The molecule has 1 aromatic heterocycles. The smallest absolute Gasteiger partial charge is 0.350 e. The Morgan fingerprint density at radius 3 is 2.25 bits per heavy atom. The second kappa shape index (κ2) is 11.1. The van der Waals surface area contributed by atoms with Crippen LogP contribution in [0.1, 0.15) is 49.0 Å². The van der Waals surface area contributed by atoms with Crippen molar-refractivity contribution >= 4 is 17.3 Å². The highest BCUT2D eigenvalue weighted by Crippen LogP contribution is 2.29. The lowest BCUT2D eigenvalue weighted by Gasteiger charge is -2.39. The predicted molar refractivity (Wildman–Crippen MR) is 158 cm³/mol. The molecule has 3 aromatic carbocycles. The van der Waals surface area contributed by atoms with Crippen LogP contribution in [0.5, 0.6) is 0 Å². The van der Waals surface area contributed by atoms with Crippen LogP contribution in [0.3, 0.4) is 0 Å². The average Bonchev–Trinajstić information content (AvgIpc) is 3.60. The third-order valence-electron chi connectivity index (χ3n) is 8.12. The lowest BCUT2D eigenvalue weighted by molar-refractivity contribution is -0.121. The molecule has 1 saturated heterocycles. The zero-order valence-corrected chi connectivity index (χ0v) is 23.2. The molecule has 4 aromatic rings. The minimum Gasteiger partial charge on any atom is -0.369 e. The zero-order valence-electron chi connectivity index (χ0n) is 23.2. The van der Waals surface area contributed by atoms with Crippen molar-refractivity contribution in [2.45, 2.75) is 45.2 Å². The van der Waals surface area contributed by atoms with Crippen molar-refractivity contribution in [3.05, 3.63) is 106 Å². The number of nitrogens with zero attached hydrogens (tertiary/aromatic N) is 5. The molecule has 40 heavy (non-hydrogen) atoms. The third-order valence-corrected chi connectivity index (χ3v) is 8.12. The van der Waals surface area contributed by atoms with Gasteiger partial charge in [0.25, 0.3) is 0 Å². The summed E-state index contributed by atoms with van der Waals surface area (Å²) in [4.78, 5) is 31.0. The van der Waals surface area contributed by atoms with Crippen molar-refractivity contribution < 1.29 is 4.79 Å². The van der Waals surface area contributed by atoms with Crippen molar-refractivity contribution in [3.8, 4) is 5.69 Å². The minimum absolute atomic E-state index is 0.00762. The van der Waals surface area contributed by atoms with E-state index in [1.807, 2.05) is 74.5 Å². The van der Waals surface area contributed by atoms with Gasteiger partial charge in [0, 0.05) is 43.6 Å². The van der Waals surface area contributed by atoms with Gasteiger partial charge in [0.1, 0.15) is 12.4 Å². The zero-order chi connectivity index (χ0) is 27.6. The molecule has 0 bridgehead atoms. The maximum Gasteiger partial charge on any atom is 0.350 e. The number of rotatable bonds is 7. The first kappa shape index (κ1) is 26.1. The van der Waals surface area contributed by atoms with Gasteiger partial charge < -0.3 is 10.2 Å². The van der Waals surface area contributed by atoms with E-state index in [2.05, 4.69) is 32.3 Å². The Bertz CT molecular complexity index is 1530. The number of amides is 1. The van der Waals surface area contributed by atoms with Crippen molar-refractivity contribution in [3.63, 3.8) is 0 Å². The van der Waals surface area contributed by atoms with Crippen LogP contribution in [-0.4, -0.2) is 51.3 Å². The van der Waals surface area contributed by atoms with Gasteiger partial charge in [0.05, 0.1) is 5.69 Å². The van der Waals surface area contributed by atoms with E-state index >= 15 is 0 Å². The first-order chi connectivity index (χ1) is 19.5. The van der Waals surface area contributed by atoms with E-state index in [1.165, 1.54) is 22.2 Å². The topological polar surface area (TPSA) is 75.4 Å². The largest absolute Gasteiger partial charge is 0.369 e. The number of hydrogen-bond donors (Lipinski definition) is 1. The maximum absolute atomic E-state index is 13.7. The van der Waals surface area contributed by atoms with Crippen LogP contribution in [-0.2, 0) is 17.6 Å². The lowest BCUT2D eigenvalue weighted by atomic mass is 10.0. The monoisotopic (exact) mass is 536 g/mol. The van der Waals surface area contributed by atoms with Crippen molar-refractivity contribution in [2.24, 2.45) is 0 Å². The maximum atomic E-state index is 13.7. The minimum atomic E-state index is -0.359. The molecule has 2 aliphatic rings. The molecule has 0 spiro atoms. The van der Waals surface area contributed by atoms with E-state index in [0.29, 0.717) is 0 Å². The first-order valence-corrected chi connectivity index (χ1v) is 14.2. The molecular weight excluding hydrogens is 500 g/mol. The number of hydrogen-bond acceptors (Lipinski definition) is 5. The molecule has 1 aliphatic heterocycles. The Morgan fingerprint density at radius 2 is 1.55 bits per heavy atom. The molecule has 1 amide bonds. The molecule has 206 valence electrons. The van der Waals surface area contributed by atoms with E-state index in [9.17, 15) is 9.59 Å². The molecule has 0 radical (unpaired) electrons. The number of nitrogens with one attached hydrogen (secondary N) is 1. The van der Waals surface area contributed by atoms with E-state index in [1.54, 1.807) is 10.9 Å². The van der Waals surface area contributed by atoms with Gasteiger partial charge in [-0.2, -0.15) is 9.78 Å². The summed E-state index contributed by atoms with van der Waals surface area (Å²) >= 11 is 0. The number of carbonyl (C=O) groups is 1. The van der Waals surface area contributed by atoms with E-state index in [-0.39, 0.29) is 23.7 Å². The van der Waals surface area contributed by atoms with Crippen molar-refractivity contribution in [1.29, 1.82) is 0 Å². The van der Waals surface area contributed by atoms with Crippen molar-refractivity contribution in [2.75, 3.05) is 36.4 Å². The summed E-state index contributed by atoms with van der Waals surface area (Å²) in [5, 5.41) is 7.50. The standard InChI is InChI=1S/C32H36N6O2/c1-23(2)37-22-33-38(32(37)40)29-15-13-28(14-16-29)35-17-19-36(20-18-35)30(25-7-4-3-5-8-25)31(39)34-27-12-11-24-9-6-10-26(24)21-27/h3-5,7-8,11-16,21-23,30H,6,9-10,17-20H2,1-2H3,(H,34,39). The Labute approximate surface area is 234 Å². The molecule has 8 nitrogen and oxygen atoms in total. The highest BCUT2D eigenvalue weighted by Gasteiger charge is 2.31. The van der Waals surface area contributed by atoms with E-state index < -0.39 is 0 Å². The highest BCUT2D eigenvalue weighted by atomic mass is 16.2. The average molecular weight is 537 g/mol. The Kier molecular flexibility index (Phi) is 7.26. The van der Waals surface area contributed by atoms with Gasteiger partial charge in [-0.05, 0) is 86.2 Å². The summed E-state index contributed by atoms with van der Waals surface area (Å²) < 4.78 is 3.06. The van der Waals surface area contributed by atoms with Crippen LogP contribution < -0.4 is 15.9 Å². The molecule has 1 unspecified atom stereocenters. The molecule has 2 heterocycles. The van der Waals surface area contributed by atoms with Crippen LogP contribution in [0.2, 0.25) is 0 Å². The normalized spacial score (nSPS) is 16.2. The second-order valence-electron chi connectivity index (χ2n) is 11.0. The second-order valence-corrected chi connectivity index (χ2v) is 11.0. The Morgan fingerprint density at radius 1 is 0.850 bits per heavy atom. The SMILES string of the molecule is CC(C)n1cnn(-c2ccc(N3CCN(C(C(=O)Nc4ccc5c(c4)CCC5)c4ccccc4)CC3)cc2)c1=O. The summed E-state index contributed by atoms with van der Waals surface area (Å²) in [5.41, 5.74) is 6.35. The number of fused-ring (bicyclic) bond motifs is 1. The number of piperazine rings is 1. The predicted octanol–water partition coefficient (Wildman–Crippen LogP) is 4.61. The number of aromatic nitrogens is 3. The molecular formula is C32H36N6O2. The summed E-state index contributed by atoms with van der Waals surface area (Å²) in [6.45, 7) is 7.06. The molecule has 6 rings (SSSR count). The fourth-order valence-corrected chi connectivity index (χ4v) is 5.91. The van der Waals surface area contributed by atoms with Gasteiger partial charge in [-0.15, -0.1) is 0 Å². The fraction of sp³-hybridized carbons (Fsp3) is 0.344. The molecule has 0 saturated carbocycles. The van der Waals surface area contributed by atoms with Gasteiger partial charge in [-0.25, -0.2) is 4.79 Å². The van der Waals surface area contributed by atoms with Crippen LogP contribution in [0.15, 0.2) is 83.9 Å². The third kappa shape index (κ3) is 5.19. The van der Waals surface area contributed by atoms with Gasteiger partial charge in [-0.3, -0.25) is 14.3 Å². The quantitative estimate of drug-likeness (QED) is 0.374. The van der Waals surface area contributed by atoms with E-state index in [4.69, 9.17) is 0 Å². The molecule has 1 atom stereocenters. The van der Waals surface area contributed by atoms with Gasteiger partial charge in [0.2, 0.25) is 5.91 Å². The summed E-state index contributed by atoms with van der Waals surface area (Å²) in [5.74, 6) is 0.00762. The Hall–Kier alpha value is -4.17. The molecule has 1 N–H and O–H groups in total. The van der Waals surface area contributed by atoms with E-state index in [0.717, 1.165) is 61.6 Å². The molecule has 1 aliphatic carbocycles. The lowest BCUT2D eigenvalue weighted by Crippen LogP contribution is -2.50. The first-order valence-electron chi connectivity index (χ1n) is 14.2. The summed E-state index contributed by atoms with van der Waals surface area (Å²) in [7, 11) is 0. The van der Waals surface area contributed by atoms with Crippen LogP contribution in [0.4, 0.5) is 11.4 Å². The van der Waals surface area contributed by atoms with Gasteiger partial charge in [0.15, 0.2) is 0 Å². The van der Waals surface area contributed by atoms with Crippen LogP contribution in [0, 0.1) is 0 Å².